The van der Waals surface area contributed by atoms with Gasteiger partial charge >= 0.3 is 5.63 Å². The minimum atomic E-state index is -0.329. The maximum atomic E-state index is 12.1. The van der Waals surface area contributed by atoms with Crippen LogP contribution in [0.3, 0.4) is 0 Å². The number of likely N-dealkylation sites (tertiary alicyclic amines) is 1. The molecule has 3 aromatic rings. The molecule has 0 N–H and O–H groups in total. The summed E-state index contributed by atoms with van der Waals surface area (Å²) >= 11 is 6.35. The van der Waals surface area contributed by atoms with Gasteiger partial charge in [-0.15, -0.1) is 0 Å². The molecule has 6 heteroatoms. The van der Waals surface area contributed by atoms with Crippen molar-refractivity contribution < 1.29 is 13.9 Å². The summed E-state index contributed by atoms with van der Waals surface area (Å²) in [5.74, 6) is 1.62. The molecule has 29 heavy (non-hydrogen) atoms. The lowest BCUT2D eigenvalue weighted by Crippen LogP contribution is -2.24. The molecule has 0 bridgehead atoms. The lowest BCUT2D eigenvalue weighted by molar-refractivity contribution is 0.170. The first-order valence-corrected chi connectivity index (χ1v) is 10.3. The van der Waals surface area contributed by atoms with Crippen molar-refractivity contribution in [3.05, 3.63) is 68.5 Å². The number of hydrogen-bond donors (Lipinski definition) is 0. The highest BCUT2D eigenvalue weighted by Crippen LogP contribution is 2.39. The van der Waals surface area contributed by atoms with E-state index >= 15 is 0 Å². The fourth-order valence-electron chi connectivity index (χ4n) is 4.36. The first kappa shape index (κ1) is 18.5. The summed E-state index contributed by atoms with van der Waals surface area (Å²) in [6.45, 7) is 4.72. The van der Waals surface area contributed by atoms with Crippen LogP contribution in [0.1, 0.15) is 35.6 Å². The molecule has 2 aliphatic heterocycles. The van der Waals surface area contributed by atoms with Crippen LogP contribution in [0.5, 0.6) is 11.5 Å². The Bertz CT molecular complexity index is 1140. The molecule has 3 heterocycles. The molecular formula is C23H22ClNO4. The first-order valence-electron chi connectivity index (χ1n) is 9.95. The van der Waals surface area contributed by atoms with E-state index in [0.29, 0.717) is 30.4 Å². The molecule has 2 aliphatic rings. The maximum Gasteiger partial charge on any atom is 0.336 e. The van der Waals surface area contributed by atoms with E-state index in [0.717, 1.165) is 47.4 Å². The Labute approximate surface area is 173 Å². The standard InChI is InChI=1S/C23H22ClNO4/c1-14-9-21-17(12-18(14)24)16(11-23(26)29-21)13-25-6-2-3-19(25)15-4-5-20-22(10-15)28-8-7-27-20/h4-5,9-12,19H,2-3,6-8,13H2,1H3/t19-/m0/s1. The third-order valence-corrected chi connectivity index (χ3v) is 6.20. The molecule has 5 nitrogen and oxygen atoms in total. The number of rotatable bonds is 3. The lowest BCUT2D eigenvalue weighted by atomic mass is 10.0. The predicted octanol–water partition coefficient (Wildman–Crippen LogP) is 4.86. The molecule has 0 aliphatic carbocycles. The van der Waals surface area contributed by atoms with Gasteiger partial charge in [0.1, 0.15) is 18.8 Å². The van der Waals surface area contributed by atoms with Crippen LogP contribution in [-0.4, -0.2) is 24.7 Å². The minimum absolute atomic E-state index is 0.272. The molecule has 0 spiro atoms. The van der Waals surface area contributed by atoms with Gasteiger partial charge in [-0.2, -0.15) is 0 Å². The van der Waals surface area contributed by atoms with E-state index in [1.54, 1.807) is 6.07 Å². The highest BCUT2D eigenvalue weighted by molar-refractivity contribution is 6.32. The Balaban J connectivity index is 1.49. The zero-order valence-electron chi connectivity index (χ0n) is 16.2. The Kier molecular flexibility index (Phi) is 4.72. The monoisotopic (exact) mass is 411 g/mol. The molecule has 1 aromatic heterocycles. The van der Waals surface area contributed by atoms with E-state index in [2.05, 4.69) is 17.0 Å². The Morgan fingerprint density at radius 2 is 1.93 bits per heavy atom. The van der Waals surface area contributed by atoms with Gasteiger partial charge in [-0.1, -0.05) is 17.7 Å². The summed E-state index contributed by atoms with van der Waals surface area (Å²) in [5, 5.41) is 1.57. The SMILES string of the molecule is Cc1cc2oc(=O)cc(CN3CCC[C@H]3c3ccc4c(c3)OCCO4)c2cc1Cl. The summed E-state index contributed by atoms with van der Waals surface area (Å²) in [5.41, 5.74) is 3.32. The normalized spacial score (nSPS) is 19.0. The zero-order chi connectivity index (χ0) is 20.0. The number of halogens is 1. The van der Waals surface area contributed by atoms with Gasteiger partial charge in [-0.3, -0.25) is 4.90 Å². The van der Waals surface area contributed by atoms with Gasteiger partial charge in [-0.25, -0.2) is 4.79 Å². The van der Waals surface area contributed by atoms with Gasteiger partial charge in [0.25, 0.3) is 0 Å². The van der Waals surface area contributed by atoms with Crippen molar-refractivity contribution in [1.29, 1.82) is 0 Å². The summed E-state index contributed by atoms with van der Waals surface area (Å²) in [6, 6.07) is 11.8. The summed E-state index contributed by atoms with van der Waals surface area (Å²) in [7, 11) is 0. The summed E-state index contributed by atoms with van der Waals surface area (Å²) in [6.07, 6.45) is 2.18. The van der Waals surface area contributed by atoms with E-state index in [-0.39, 0.29) is 11.7 Å². The quantitative estimate of drug-likeness (QED) is 0.576. The minimum Gasteiger partial charge on any atom is -0.486 e. The molecule has 0 amide bonds. The second-order valence-corrected chi connectivity index (χ2v) is 8.13. The zero-order valence-corrected chi connectivity index (χ0v) is 17.0. The van der Waals surface area contributed by atoms with Gasteiger partial charge < -0.3 is 13.9 Å². The van der Waals surface area contributed by atoms with Crippen molar-refractivity contribution in [2.24, 2.45) is 0 Å². The smallest absolute Gasteiger partial charge is 0.336 e. The maximum absolute atomic E-state index is 12.1. The molecule has 0 radical (unpaired) electrons. The average molecular weight is 412 g/mol. The van der Waals surface area contributed by atoms with Crippen molar-refractivity contribution in [3.63, 3.8) is 0 Å². The molecule has 1 saturated heterocycles. The average Bonchev–Trinajstić information content (AvgIpc) is 3.17. The Morgan fingerprint density at radius 3 is 2.79 bits per heavy atom. The van der Waals surface area contributed by atoms with Crippen molar-refractivity contribution in [1.82, 2.24) is 4.90 Å². The third kappa shape index (κ3) is 3.49. The third-order valence-electron chi connectivity index (χ3n) is 5.80. The van der Waals surface area contributed by atoms with Crippen LogP contribution >= 0.6 is 11.6 Å². The highest BCUT2D eigenvalue weighted by atomic mass is 35.5. The second-order valence-electron chi connectivity index (χ2n) is 7.72. The Morgan fingerprint density at radius 1 is 1.10 bits per heavy atom. The van der Waals surface area contributed by atoms with Gasteiger partial charge in [0, 0.05) is 29.1 Å². The topological polar surface area (TPSA) is 51.9 Å². The van der Waals surface area contributed by atoms with Gasteiger partial charge in [0.2, 0.25) is 0 Å². The number of hydrogen-bond acceptors (Lipinski definition) is 5. The number of nitrogens with zero attached hydrogens (tertiary/aromatic N) is 1. The van der Waals surface area contributed by atoms with Gasteiger partial charge in [0.15, 0.2) is 11.5 Å². The van der Waals surface area contributed by atoms with E-state index in [1.807, 2.05) is 25.1 Å². The summed E-state index contributed by atoms with van der Waals surface area (Å²) in [4.78, 5) is 14.5. The van der Waals surface area contributed by atoms with Crippen LogP contribution in [0, 0.1) is 6.92 Å². The molecule has 0 saturated carbocycles. The molecule has 2 aromatic carbocycles. The number of fused-ring (bicyclic) bond motifs is 2. The van der Waals surface area contributed by atoms with Crippen LogP contribution in [-0.2, 0) is 6.54 Å². The molecular weight excluding hydrogens is 390 g/mol. The van der Waals surface area contributed by atoms with Crippen LogP contribution < -0.4 is 15.1 Å². The van der Waals surface area contributed by atoms with E-state index in [4.69, 9.17) is 25.5 Å². The lowest BCUT2D eigenvalue weighted by Gasteiger charge is -2.27. The number of aryl methyl sites for hydroxylation is 1. The molecule has 1 fully saturated rings. The molecule has 5 rings (SSSR count). The molecule has 150 valence electrons. The Hall–Kier alpha value is -2.50. The highest BCUT2D eigenvalue weighted by Gasteiger charge is 2.28. The van der Waals surface area contributed by atoms with E-state index in [1.165, 1.54) is 5.56 Å². The van der Waals surface area contributed by atoms with Gasteiger partial charge in [0.05, 0.1) is 0 Å². The predicted molar refractivity (Wildman–Crippen MR) is 112 cm³/mol. The van der Waals surface area contributed by atoms with Crippen LogP contribution in [0.2, 0.25) is 5.02 Å². The molecule has 1 atom stereocenters. The molecule has 0 unspecified atom stereocenters. The van der Waals surface area contributed by atoms with E-state index < -0.39 is 0 Å². The van der Waals surface area contributed by atoms with Crippen LogP contribution in [0.15, 0.2) is 45.6 Å². The second kappa shape index (κ2) is 7.39. The van der Waals surface area contributed by atoms with Crippen LogP contribution in [0.25, 0.3) is 11.0 Å². The van der Waals surface area contributed by atoms with Crippen molar-refractivity contribution in [2.75, 3.05) is 19.8 Å². The van der Waals surface area contributed by atoms with Gasteiger partial charge in [-0.05, 0) is 67.3 Å². The van der Waals surface area contributed by atoms with Crippen molar-refractivity contribution >= 4 is 22.6 Å². The first-order chi connectivity index (χ1) is 14.1. The number of ether oxygens (including phenoxy) is 2. The largest absolute Gasteiger partial charge is 0.486 e. The van der Waals surface area contributed by atoms with E-state index in [9.17, 15) is 4.79 Å². The van der Waals surface area contributed by atoms with Crippen molar-refractivity contribution in [3.8, 4) is 11.5 Å². The fraction of sp³-hybridized carbons (Fsp3) is 0.348. The number of benzene rings is 2. The van der Waals surface area contributed by atoms with Crippen molar-refractivity contribution in [2.45, 2.75) is 32.4 Å². The summed E-state index contributed by atoms with van der Waals surface area (Å²) < 4.78 is 16.8. The van der Waals surface area contributed by atoms with Crippen LogP contribution in [0.4, 0.5) is 0 Å². The fourth-order valence-corrected chi connectivity index (χ4v) is 4.52.